The first-order valence-corrected chi connectivity index (χ1v) is 6.67. The molecule has 0 aliphatic carbocycles. The summed E-state index contributed by atoms with van der Waals surface area (Å²) in [5.74, 6) is 0.502. The van der Waals surface area contributed by atoms with E-state index >= 15 is 0 Å². The van der Waals surface area contributed by atoms with Crippen LogP contribution >= 0.6 is 0 Å². The summed E-state index contributed by atoms with van der Waals surface area (Å²) in [5, 5.41) is 23.3. The topological polar surface area (TPSA) is 106 Å². The van der Waals surface area contributed by atoms with Crippen LogP contribution in [-0.2, 0) is 0 Å². The Morgan fingerprint density at radius 3 is 2.74 bits per heavy atom. The summed E-state index contributed by atoms with van der Waals surface area (Å²) < 4.78 is 7.14. The average molecular weight is 311 g/mol. The van der Waals surface area contributed by atoms with Gasteiger partial charge < -0.3 is 4.42 Å². The lowest BCUT2D eigenvalue weighted by molar-refractivity contribution is 0.559. The van der Waals surface area contributed by atoms with Crippen LogP contribution < -0.4 is 0 Å². The molecule has 0 saturated heterocycles. The molecule has 0 radical (unpaired) electrons. The molecule has 1 aromatic carbocycles. The quantitative estimate of drug-likeness (QED) is 0.728. The Morgan fingerprint density at radius 1 is 1.30 bits per heavy atom. The van der Waals surface area contributed by atoms with Gasteiger partial charge in [0.25, 0.3) is 5.89 Å². The van der Waals surface area contributed by atoms with Gasteiger partial charge in [-0.15, -0.1) is 15.3 Å². The van der Waals surface area contributed by atoms with E-state index in [0.717, 1.165) is 11.3 Å². The van der Waals surface area contributed by atoms with E-state index in [4.69, 9.17) is 9.83 Å². The highest BCUT2D eigenvalue weighted by Crippen LogP contribution is 2.19. The molecule has 0 fully saturated rings. The Kier molecular flexibility index (Phi) is 5.08. The first-order chi connectivity index (χ1) is 10.8. The number of hydrogen-bond acceptors (Lipinski definition) is 7. The SMILES string of the molecule is C.CCN=CC(=N)c1nnc(-c2ccc(-n3ccnn3)cc2)o1. The van der Waals surface area contributed by atoms with E-state index in [9.17, 15) is 0 Å². The van der Waals surface area contributed by atoms with Gasteiger partial charge in [-0.05, 0) is 31.2 Å². The van der Waals surface area contributed by atoms with Crippen LogP contribution in [0, 0.1) is 5.41 Å². The molecule has 0 unspecified atom stereocenters. The van der Waals surface area contributed by atoms with Crippen molar-refractivity contribution in [1.29, 1.82) is 5.41 Å². The first-order valence-electron chi connectivity index (χ1n) is 6.67. The number of aliphatic imine (C=N–C) groups is 1. The summed E-state index contributed by atoms with van der Waals surface area (Å²) in [6.45, 7) is 2.49. The third kappa shape index (κ3) is 3.54. The van der Waals surface area contributed by atoms with Crippen molar-refractivity contribution in [3.8, 4) is 17.1 Å². The van der Waals surface area contributed by atoms with Gasteiger partial charge in [-0.25, -0.2) is 4.68 Å². The van der Waals surface area contributed by atoms with Gasteiger partial charge in [-0.3, -0.25) is 10.4 Å². The number of rotatable bonds is 5. The Balaban J connectivity index is 0.00000192. The zero-order valence-electron chi connectivity index (χ0n) is 11.8. The molecule has 2 aromatic heterocycles. The molecule has 118 valence electrons. The second-order valence-electron chi connectivity index (χ2n) is 4.35. The van der Waals surface area contributed by atoms with Crippen molar-refractivity contribution in [2.75, 3.05) is 6.54 Å². The molecule has 0 aliphatic heterocycles. The van der Waals surface area contributed by atoms with Gasteiger partial charge >= 0.3 is 0 Å². The third-order valence-corrected chi connectivity index (χ3v) is 2.86. The highest BCUT2D eigenvalue weighted by atomic mass is 16.4. The molecule has 0 saturated carbocycles. The van der Waals surface area contributed by atoms with Gasteiger partial charge in [-0.1, -0.05) is 12.6 Å². The van der Waals surface area contributed by atoms with Gasteiger partial charge in [0.15, 0.2) is 0 Å². The standard InChI is InChI=1S/C14H13N7O.CH4/c1-2-16-9-12(15)14-19-18-13(22-14)10-3-5-11(6-4-10)21-8-7-17-20-21;/h3-9,15H,2H2,1H3;1H4. The zero-order valence-corrected chi connectivity index (χ0v) is 11.8. The van der Waals surface area contributed by atoms with Gasteiger partial charge in [0, 0.05) is 12.1 Å². The molecular weight excluding hydrogens is 294 g/mol. The fraction of sp³-hybridized carbons (Fsp3) is 0.200. The first kappa shape index (κ1) is 16.2. The van der Waals surface area contributed by atoms with Crippen molar-refractivity contribution in [2.24, 2.45) is 4.99 Å². The number of nitrogens with one attached hydrogen (secondary N) is 1. The third-order valence-electron chi connectivity index (χ3n) is 2.86. The van der Waals surface area contributed by atoms with Crippen LogP contribution in [0.25, 0.3) is 17.1 Å². The van der Waals surface area contributed by atoms with Crippen LogP contribution in [0.4, 0.5) is 0 Å². The molecule has 8 heteroatoms. The highest BCUT2D eigenvalue weighted by molar-refractivity contribution is 6.35. The number of benzene rings is 1. The molecule has 0 atom stereocenters. The van der Waals surface area contributed by atoms with E-state index in [2.05, 4.69) is 25.5 Å². The predicted octanol–water partition coefficient (Wildman–Crippen LogP) is 2.41. The molecule has 3 aromatic rings. The molecule has 3 rings (SSSR count). The molecule has 2 heterocycles. The second-order valence-corrected chi connectivity index (χ2v) is 4.35. The average Bonchev–Trinajstić information content (AvgIpc) is 3.24. The van der Waals surface area contributed by atoms with Crippen molar-refractivity contribution < 1.29 is 4.42 Å². The molecule has 8 nitrogen and oxygen atoms in total. The van der Waals surface area contributed by atoms with Gasteiger partial charge in [0.05, 0.1) is 24.3 Å². The lowest BCUT2D eigenvalue weighted by atomic mass is 10.2. The minimum Gasteiger partial charge on any atom is -0.415 e. The van der Waals surface area contributed by atoms with Gasteiger partial charge in [0.1, 0.15) is 5.71 Å². The maximum absolute atomic E-state index is 7.77. The van der Waals surface area contributed by atoms with Gasteiger partial charge in [-0.2, -0.15) is 0 Å². The van der Waals surface area contributed by atoms with Crippen LogP contribution in [-0.4, -0.2) is 43.7 Å². The summed E-state index contributed by atoms with van der Waals surface area (Å²) in [4.78, 5) is 3.98. The minimum absolute atomic E-state index is 0. The predicted molar refractivity (Wildman–Crippen MR) is 87.2 cm³/mol. The second kappa shape index (κ2) is 7.21. The summed E-state index contributed by atoms with van der Waals surface area (Å²) in [7, 11) is 0. The molecule has 0 spiro atoms. The molecule has 23 heavy (non-hydrogen) atoms. The smallest absolute Gasteiger partial charge is 0.267 e. The highest BCUT2D eigenvalue weighted by Gasteiger charge is 2.11. The molecule has 0 amide bonds. The van der Waals surface area contributed by atoms with Crippen molar-refractivity contribution in [3.05, 3.63) is 42.5 Å². The zero-order chi connectivity index (χ0) is 15.4. The summed E-state index contributed by atoms with van der Waals surface area (Å²) >= 11 is 0. The van der Waals surface area contributed by atoms with Crippen LogP contribution in [0.3, 0.4) is 0 Å². The Labute approximate surface area is 133 Å². The van der Waals surface area contributed by atoms with Crippen molar-refractivity contribution in [2.45, 2.75) is 14.4 Å². The fourth-order valence-electron chi connectivity index (χ4n) is 1.79. The Hall–Kier alpha value is -3.16. The van der Waals surface area contributed by atoms with E-state index in [-0.39, 0.29) is 19.0 Å². The van der Waals surface area contributed by atoms with Crippen molar-refractivity contribution >= 4 is 11.9 Å². The number of aromatic nitrogens is 5. The maximum atomic E-state index is 7.77. The molecular formula is C15H17N7O. The van der Waals surface area contributed by atoms with Crippen molar-refractivity contribution in [3.63, 3.8) is 0 Å². The van der Waals surface area contributed by atoms with Gasteiger partial charge in [0.2, 0.25) is 5.89 Å². The molecule has 0 bridgehead atoms. The normalized spacial score (nSPS) is 10.7. The largest absolute Gasteiger partial charge is 0.415 e. The Bertz CT molecular complexity index is 788. The van der Waals surface area contributed by atoms with Crippen LogP contribution in [0.15, 0.2) is 46.1 Å². The molecule has 1 N–H and O–H groups in total. The van der Waals surface area contributed by atoms with Crippen LogP contribution in [0.1, 0.15) is 20.2 Å². The maximum Gasteiger partial charge on any atom is 0.267 e. The van der Waals surface area contributed by atoms with E-state index in [1.807, 2.05) is 31.2 Å². The summed E-state index contributed by atoms with van der Waals surface area (Å²) in [5.41, 5.74) is 1.74. The summed E-state index contributed by atoms with van der Waals surface area (Å²) in [6, 6.07) is 7.44. The van der Waals surface area contributed by atoms with Crippen LogP contribution in [0.2, 0.25) is 0 Å². The fourth-order valence-corrected chi connectivity index (χ4v) is 1.79. The minimum atomic E-state index is 0. The number of hydrogen-bond donors (Lipinski definition) is 1. The van der Waals surface area contributed by atoms with Crippen LogP contribution in [0.5, 0.6) is 0 Å². The van der Waals surface area contributed by atoms with E-state index in [0.29, 0.717) is 12.4 Å². The lowest BCUT2D eigenvalue weighted by Crippen LogP contribution is -2.00. The van der Waals surface area contributed by atoms with E-state index < -0.39 is 0 Å². The van der Waals surface area contributed by atoms with E-state index in [1.165, 1.54) is 6.21 Å². The molecule has 0 aliphatic rings. The monoisotopic (exact) mass is 311 g/mol. The lowest BCUT2D eigenvalue weighted by Gasteiger charge is -2.00. The number of nitrogens with zero attached hydrogens (tertiary/aromatic N) is 6. The van der Waals surface area contributed by atoms with Crippen molar-refractivity contribution in [1.82, 2.24) is 25.2 Å². The van der Waals surface area contributed by atoms with E-state index in [1.54, 1.807) is 17.1 Å². The summed E-state index contributed by atoms with van der Waals surface area (Å²) in [6.07, 6.45) is 4.78. The Morgan fingerprint density at radius 2 is 2.09 bits per heavy atom.